The molecule has 1 unspecified atom stereocenters. The third-order valence-corrected chi connectivity index (χ3v) is 2.02. The first-order chi connectivity index (χ1) is 5.07. The van der Waals surface area contributed by atoms with Crippen LogP contribution in [0.15, 0.2) is 0 Å². The van der Waals surface area contributed by atoms with E-state index in [1.165, 1.54) is 6.42 Å². The van der Waals surface area contributed by atoms with Gasteiger partial charge >= 0.3 is 0 Å². The summed E-state index contributed by atoms with van der Waals surface area (Å²) in [6, 6.07) is 0.345. The van der Waals surface area contributed by atoms with Gasteiger partial charge in [0.25, 0.3) is 0 Å². The highest BCUT2D eigenvalue weighted by Crippen LogP contribution is 2.09. The van der Waals surface area contributed by atoms with Crippen molar-refractivity contribution < 1.29 is 5.11 Å². The van der Waals surface area contributed by atoms with E-state index in [9.17, 15) is 0 Å². The molecule has 0 saturated carbocycles. The molecule has 1 atom stereocenters. The molecule has 0 fully saturated rings. The van der Waals surface area contributed by atoms with Crippen molar-refractivity contribution in [3.63, 3.8) is 0 Å². The third kappa shape index (κ3) is 5.22. The van der Waals surface area contributed by atoms with Gasteiger partial charge in [-0.05, 0) is 32.9 Å². The molecule has 0 aliphatic heterocycles. The van der Waals surface area contributed by atoms with E-state index in [0.717, 1.165) is 12.3 Å². The van der Waals surface area contributed by atoms with Gasteiger partial charge in [-0.15, -0.1) is 0 Å². The van der Waals surface area contributed by atoms with Crippen LogP contribution in [-0.2, 0) is 0 Å². The predicted octanol–water partition coefficient (Wildman–Crippen LogP) is 1.35. The van der Waals surface area contributed by atoms with Crippen LogP contribution in [-0.4, -0.2) is 36.8 Å². The first-order valence-corrected chi connectivity index (χ1v) is 4.35. The molecule has 2 nitrogen and oxygen atoms in total. The Bertz CT molecular complexity index is 91.6. The van der Waals surface area contributed by atoms with Crippen molar-refractivity contribution in [1.82, 2.24) is 4.90 Å². The molecule has 11 heavy (non-hydrogen) atoms. The van der Waals surface area contributed by atoms with Crippen molar-refractivity contribution >= 4 is 0 Å². The zero-order valence-corrected chi connectivity index (χ0v) is 8.17. The van der Waals surface area contributed by atoms with Crippen LogP contribution < -0.4 is 0 Å². The average molecular weight is 159 g/mol. The number of aliphatic hydroxyl groups excluding tert-OH is 1. The van der Waals surface area contributed by atoms with E-state index in [-0.39, 0.29) is 6.61 Å². The molecule has 0 aliphatic rings. The average Bonchev–Trinajstić information content (AvgIpc) is 1.87. The molecule has 0 aromatic heterocycles. The lowest BCUT2D eigenvalue weighted by Gasteiger charge is -2.22. The van der Waals surface area contributed by atoms with Crippen molar-refractivity contribution in [2.45, 2.75) is 32.7 Å². The largest absolute Gasteiger partial charge is 0.395 e. The summed E-state index contributed by atoms with van der Waals surface area (Å²) in [4.78, 5) is 2.09. The zero-order valence-electron chi connectivity index (χ0n) is 8.17. The normalized spacial score (nSPS) is 14.5. The van der Waals surface area contributed by atoms with Crippen LogP contribution in [0.1, 0.15) is 26.7 Å². The van der Waals surface area contributed by atoms with Gasteiger partial charge < -0.3 is 10.0 Å². The molecule has 0 amide bonds. The molecule has 0 spiro atoms. The summed E-state index contributed by atoms with van der Waals surface area (Å²) in [5.41, 5.74) is 0. The van der Waals surface area contributed by atoms with Gasteiger partial charge in [-0.2, -0.15) is 0 Å². The van der Waals surface area contributed by atoms with Crippen LogP contribution in [0.2, 0.25) is 0 Å². The molecule has 0 aromatic carbocycles. The van der Waals surface area contributed by atoms with Gasteiger partial charge in [-0.25, -0.2) is 0 Å². The molecule has 1 N–H and O–H groups in total. The summed E-state index contributed by atoms with van der Waals surface area (Å²) in [6.07, 6.45) is 2.30. The maximum Gasteiger partial charge on any atom is 0.0586 e. The first-order valence-electron chi connectivity index (χ1n) is 4.35. The minimum atomic E-state index is 0.278. The molecule has 0 aromatic rings. The molecule has 0 aliphatic carbocycles. The molecule has 0 saturated heterocycles. The lowest BCUT2D eigenvalue weighted by atomic mass is 10.0. The van der Waals surface area contributed by atoms with E-state index >= 15 is 0 Å². The standard InChI is InChI=1S/C9H21NO/c1-8(2)5-6-9(7-11)10(3)4/h8-9,11H,5-7H2,1-4H3. The Balaban J connectivity index is 3.52. The second-order valence-corrected chi connectivity index (χ2v) is 3.77. The van der Waals surface area contributed by atoms with Gasteiger partial charge in [0.05, 0.1) is 6.61 Å². The summed E-state index contributed by atoms with van der Waals surface area (Å²) in [5, 5.41) is 8.97. The van der Waals surface area contributed by atoms with Crippen molar-refractivity contribution in [2.24, 2.45) is 5.92 Å². The highest BCUT2D eigenvalue weighted by Gasteiger charge is 2.09. The minimum absolute atomic E-state index is 0.278. The fourth-order valence-electron chi connectivity index (χ4n) is 1.04. The Morgan fingerprint density at radius 1 is 1.18 bits per heavy atom. The van der Waals surface area contributed by atoms with Gasteiger partial charge in [-0.1, -0.05) is 13.8 Å². The number of likely N-dealkylation sites (N-methyl/N-ethyl adjacent to an activating group) is 1. The highest BCUT2D eigenvalue weighted by molar-refractivity contribution is 4.64. The lowest BCUT2D eigenvalue weighted by Crippen LogP contribution is -2.31. The fraction of sp³-hybridized carbons (Fsp3) is 1.00. The Morgan fingerprint density at radius 3 is 2.00 bits per heavy atom. The van der Waals surface area contributed by atoms with Crippen LogP contribution >= 0.6 is 0 Å². The van der Waals surface area contributed by atoms with E-state index in [0.29, 0.717) is 6.04 Å². The minimum Gasteiger partial charge on any atom is -0.395 e. The SMILES string of the molecule is CC(C)CCC(CO)N(C)C. The van der Waals surface area contributed by atoms with E-state index in [4.69, 9.17) is 5.11 Å². The Labute approximate surface area is 70.2 Å². The molecular weight excluding hydrogens is 138 g/mol. The monoisotopic (exact) mass is 159 g/mol. The van der Waals surface area contributed by atoms with Crippen LogP contribution in [0.5, 0.6) is 0 Å². The van der Waals surface area contributed by atoms with Crippen molar-refractivity contribution in [2.75, 3.05) is 20.7 Å². The molecular formula is C9H21NO. The smallest absolute Gasteiger partial charge is 0.0586 e. The van der Waals surface area contributed by atoms with Gasteiger partial charge in [-0.3, -0.25) is 0 Å². The Morgan fingerprint density at radius 2 is 1.73 bits per heavy atom. The number of hydrogen-bond acceptors (Lipinski definition) is 2. The fourth-order valence-corrected chi connectivity index (χ4v) is 1.04. The summed E-state index contributed by atoms with van der Waals surface area (Å²) < 4.78 is 0. The maximum atomic E-state index is 8.97. The molecule has 2 heteroatoms. The zero-order chi connectivity index (χ0) is 8.85. The molecule has 0 rings (SSSR count). The van der Waals surface area contributed by atoms with E-state index in [1.807, 2.05) is 14.1 Å². The quantitative estimate of drug-likeness (QED) is 0.654. The summed E-state index contributed by atoms with van der Waals surface area (Å²) in [5.74, 6) is 0.740. The van der Waals surface area contributed by atoms with Crippen molar-refractivity contribution in [3.05, 3.63) is 0 Å². The first kappa shape index (κ1) is 10.9. The topological polar surface area (TPSA) is 23.5 Å². The van der Waals surface area contributed by atoms with Gasteiger partial charge in [0.2, 0.25) is 0 Å². The summed E-state index contributed by atoms with van der Waals surface area (Å²) >= 11 is 0. The second-order valence-electron chi connectivity index (χ2n) is 3.77. The third-order valence-electron chi connectivity index (χ3n) is 2.02. The molecule has 0 bridgehead atoms. The molecule has 0 heterocycles. The van der Waals surface area contributed by atoms with Gasteiger partial charge in [0.1, 0.15) is 0 Å². The van der Waals surface area contributed by atoms with E-state index in [2.05, 4.69) is 18.7 Å². The maximum absolute atomic E-state index is 8.97. The van der Waals surface area contributed by atoms with Gasteiger partial charge in [0, 0.05) is 6.04 Å². The molecule has 68 valence electrons. The molecule has 0 radical (unpaired) electrons. The van der Waals surface area contributed by atoms with Gasteiger partial charge in [0.15, 0.2) is 0 Å². The van der Waals surface area contributed by atoms with Crippen LogP contribution in [0.3, 0.4) is 0 Å². The van der Waals surface area contributed by atoms with Crippen LogP contribution in [0, 0.1) is 5.92 Å². The predicted molar refractivity (Wildman–Crippen MR) is 48.6 cm³/mol. The number of aliphatic hydroxyl groups is 1. The number of hydrogen-bond donors (Lipinski definition) is 1. The van der Waals surface area contributed by atoms with Crippen LogP contribution in [0.4, 0.5) is 0 Å². The second kappa shape index (κ2) is 5.56. The van der Waals surface area contributed by atoms with Crippen molar-refractivity contribution in [3.8, 4) is 0 Å². The van der Waals surface area contributed by atoms with Crippen LogP contribution in [0.25, 0.3) is 0 Å². The highest BCUT2D eigenvalue weighted by atomic mass is 16.3. The summed E-state index contributed by atoms with van der Waals surface area (Å²) in [7, 11) is 4.03. The Hall–Kier alpha value is -0.0800. The Kier molecular flexibility index (Phi) is 5.51. The number of nitrogens with zero attached hydrogens (tertiary/aromatic N) is 1. The lowest BCUT2D eigenvalue weighted by molar-refractivity contribution is 0.156. The van der Waals surface area contributed by atoms with Crippen molar-refractivity contribution in [1.29, 1.82) is 0 Å². The van der Waals surface area contributed by atoms with E-state index < -0.39 is 0 Å². The number of rotatable bonds is 5. The van der Waals surface area contributed by atoms with E-state index in [1.54, 1.807) is 0 Å². The summed E-state index contributed by atoms with van der Waals surface area (Å²) in [6.45, 7) is 4.70.